The van der Waals surface area contributed by atoms with Crippen LogP contribution in [-0.4, -0.2) is 25.5 Å². The molecule has 3 aromatic carbocycles. The van der Waals surface area contributed by atoms with Gasteiger partial charge in [-0.1, -0.05) is 42.5 Å². The van der Waals surface area contributed by atoms with Crippen molar-refractivity contribution in [2.45, 2.75) is 25.9 Å². The lowest BCUT2D eigenvalue weighted by Crippen LogP contribution is -2.26. The molecule has 1 aliphatic carbocycles. The minimum Gasteiger partial charge on any atom is -0.489 e. The van der Waals surface area contributed by atoms with Crippen molar-refractivity contribution in [1.82, 2.24) is 4.90 Å². The topological polar surface area (TPSA) is 12.5 Å². The number of halogens is 1. The Morgan fingerprint density at radius 1 is 0.931 bits per heavy atom. The molecular weight excluding hydrogens is 361 g/mol. The van der Waals surface area contributed by atoms with E-state index >= 15 is 0 Å². The van der Waals surface area contributed by atoms with E-state index in [4.69, 9.17) is 4.74 Å². The zero-order valence-corrected chi connectivity index (χ0v) is 17.2. The number of hydrogen-bond acceptors (Lipinski definition) is 2. The maximum Gasteiger partial charge on any atom is 0.129 e. The van der Waals surface area contributed by atoms with Crippen molar-refractivity contribution in [2.75, 3.05) is 20.6 Å². The summed E-state index contributed by atoms with van der Waals surface area (Å²) >= 11 is 0. The second-order valence-corrected chi connectivity index (χ2v) is 8.26. The third-order valence-corrected chi connectivity index (χ3v) is 5.68. The van der Waals surface area contributed by atoms with Crippen LogP contribution in [0, 0.1) is 11.7 Å². The summed E-state index contributed by atoms with van der Waals surface area (Å²) in [6.07, 6.45) is 3.42. The van der Waals surface area contributed by atoms with Crippen molar-refractivity contribution in [3.63, 3.8) is 0 Å². The molecule has 2 nitrogen and oxygen atoms in total. The third kappa shape index (κ3) is 4.86. The molecule has 3 aromatic rings. The van der Waals surface area contributed by atoms with Crippen molar-refractivity contribution < 1.29 is 9.13 Å². The van der Waals surface area contributed by atoms with Crippen molar-refractivity contribution in [1.29, 1.82) is 0 Å². The molecule has 0 fully saturated rings. The first-order chi connectivity index (χ1) is 14.1. The van der Waals surface area contributed by atoms with E-state index in [2.05, 4.69) is 31.1 Å². The van der Waals surface area contributed by atoms with E-state index in [1.165, 1.54) is 23.6 Å². The van der Waals surface area contributed by atoms with Gasteiger partial charge >= 0.3 is 0 Å². The lowest BCUT2D eigenvalue weighted by Gasteiger charge is -2.27. The van der Waals surface area contributed by atoms with Gasteiger partial charge in [-0.25, -0.2) is 4.39 Å². The van der Waals surface area contributed by atoms with Gasteiger partial charge in [-0.15, -0.1) is 0 Å². The Morgan fingerprint density at radius 3 is 2.55 bits per heavy atom. The summed E-state index contributed by atoms with van der Waals surface area (Å²) in [5.41, 5.74) is 5.46. The molecule has 0 spiro atoms. The number of benzene rings is 3. The quantitative estimate of drug-likeness (QED) is 0.533. The first-order valence-corrected chi connectivity index (χ1v) is 10.3. The van der Waals surface area contributed by atoms with Gasteiger partial charge in [0.25, 0.3) is 0 Å². The predicted molar refractivity (Wildman–Crippen MR) is 117 cm³/mol. The summed E-state index contributed by atoms with van der Waals surface area (Å²) in [4.78, 5) is 2.27. The highest BCUT2D eigenvalue weighted by atomic mass is 19.1. The van der Waals surface area contributed by atoms with Gasteiger partial charge in [-0.2, -0.15) is 0 Å². The average Bonchev–Trinajstić information content (AvgIpc) is 2.73. The number of nitrogens with zero attached hydrogens (tertiary/aromatic N) is 1. The molecule has 0 radical (unpaired) electrons. The van der Waals surface area contributed by atoms with E-state index < -0.39 is 0 Å². The van der Waals surface area contributed by atoms with Gasteiger partial charge in [0, 0.05) is 12.1 Å². The van der Waals surface area contributed by atoms with E-state index in [1.807, 2.05) is 48.5 Å². The summed E-state index contributed by atoms with van der Waals surface area (Å²) in [6.45, 7) is 1.36. The van der Waals surface area contributed by atoms with Gasteiger partial charge < -0.3 is 9.64 Å². The standard InChI is InChI=1S/C26H28FNO/c1-28(2)17-19-8-9-23-16-25(12-10-21(23)14-19)29-18-24-15-22(11-13-26(24)27)20-6-4-3-5-7-20/h3-7,10-13,15-16,19H,8-9,14,17-18H2,1-2H3. The summed E-state index contributed by atoms with van der Waals surface area (Å²) < 4.78 is 20.3. The van der Waals surface area contributed by atoms with E-state index in [-0.39, 0.29) is 12.4 Å². The minimum absolute atomic E-state index is 0.228. The van der Waals surface area contributed by atoms with Crippen LogP contribution in [0.5, 0.6) is 5.75 Å². The smallest absolute Gasteiger partial charge is 0.129 e. The molecule has 0 saturated carbocycles. The van der Waals surface area contributed by atoms with Crippen LogP contribution in [0.2, 0.25) is 0 Å². The molecular formula is C26H28FNO. The maximum atomic E-state index is 14.3. The highest BCUT2D eigenvalue weighted by Gasteiger charge is 2.19. The molecule has 0 heterocycles. The van der Waals surface area contributed by atoms with Gasteiger partial charge in [0.1, 0.15) is 18.2 Å². The van der Waals surface area contributed by atoms with Crippen molar-refractivity contribution in [3.8, 4) is 16.9 Å². The summed E-state index contributed by atoms with van der Waals surface area (Å²) in [7, 11) is 4.27. The second-order valence-electron chi connectivity index (χ2n) is 8.26. The van der Waals surface area contributed by atoms with Gasteiger partial charge in [0.05, 0.1) is 0 Å². The molecule has 4 rings (SSSR count). The molecule has 0 aromatic heterocycles. The molecule has 29 heavy (non-hydrogen) atoms. The van der Waals surface area contributed by atoms with Crippen molar-refractivity contribution in [3.05, 3.63) is 89.2 Å². The Hall–Kier alpha value is -2.65. The number of aryl methyl sites for hydroxylation is 1. The average molecular weight is 390 g/mol. The van der Waals surface area contributed by atoms with Crippen LogP contribution in [0.1, 0.15) is 23.1 Å². The summed E-state index contributed by atoms with van der Waals surface area (Å²) in [6, 6.07) is 21.6. The molecule has 0 N–H and O–H groups in total. The molecule has 1 unspecified atom stereocenters. The molecule has 1 atom stereocenters. The fraction of sp³-hybridized carbons (Fsp3) is 0.308. The van der Waals surface area contributed by atoms with Gasteiger partial charge in [-0.05, 0) is 85.8 Å². The minimum atomic E-state index is -0.228. The lowest BCUT2D eigenvalue weighted by atomic mass is 9.83. The molecule has 1 aliphatic rings. The van der Waals surface area contributed by atoms with Crippen LogP contribution >= 0.6 is 0 Å². The number of fused-ring (bicyclic) bond motifs is 1. The largest absolute Gasteiger partial charge is 0.489 e. The Kier molecular flexibility index (Phi) is 5.96. The molecule has 0 amide bonds. The van der Waals surface area contributed by atoms with Crippen LogP contribution in [-0.2, 0) is 19.4 Å². The first kappa shape index (κ1) is 19.7. The fourth-order valence-corrected chi connectivity index (χ4v) is 4.23. The van der Waals surface area contributed by atoms with Crippen LogP contribution in [0.25, 0.3) is 11.1 Å². The van der Waals surface area contributed by atoms with Crippen LogP contribution in [0.3, 0.4) is 0 Å². The van der Waals surface area contributed by atoms with Gasteiger partial charge in [0.2, 0.25) is 0 Å². The molecule has 0 aliphatic heterocycles. The lowest BCUT2D eigenvalue weighted by molar-refractivity contribution is 0.294. The number of hydrogen-bond donors (Lipinski definition) is 0. The summed E-state index contributed by atoms with van der Waals surface area (Å²) in [5, 5.41) is 0. The van der Waals surface area contributed by atoms with Gasteiger partial charge in [0.15, 0.2) is 0 Å². The highest BCUT2D eigenvalue weighted by Crippen LogP contribution is 2.30. The Labute approximate surface area is 172 Å². The number of ether oxygens (including phenoxy) is 1. The Bertz CT molecular complexity index is 968. The monoisotopic (exact) mass is 389 g/mol. The Balaban J connectivity index is 1.45. The second kappa shape index (κ2) is 8.79. The van der Waals surface area contributed by atoms with E-state index in [0.29, 0.717) is 5.56 Å². The van der Waals surface area contributed by atoms with Crippen LogP contribution in [0.15, 0.2) is 66.7 Å². The summed E-state index contributed by atoms with van der Waals surface area (Å²) in [5.74, 6) is 1.31. The predicted octanol–water partition coefficient (Wildman–Crippen LogP) is 5.74. The normalized spacial score (nSPS) is 15.9. The van der Waals surface area contributed by atoms with E-state index in [9.17, 15) is 4.39 Å². The van der Waals surface area contributed by atoms with Gasteiger partial charge in [-0.3, -0.25) is 0 Å². The molecule has 3 heteroatoms. The third-order valence-electron chi connectivity index (χ3n) is 5.68. The molecule has 150 valence electrons. The van der Waals surface area contributed by atoms with E-state index in [1.54, 1.807) is 0 Å². The SMILES string of the molecule is CN(C)CC1CCc2cc(OCc3cc(-c4ccccc4)ccc3F)ccc2C1. The molecule has 0 saturated heterocycles. The van der Waals surface area contributed by atoms with Crippen LogP contribution in [0.4, 0.5) is 4.39 Å². The van der Waals surface area contributed by atoms with Crippen molar-refractivity contribution >= 4 is 0 Å². The Morgan fingerprint density at radius 2 is 1.76 bits per heavy atom. The fourth-order valence-electron chi connectivity index (χ4n) is 4.23. The van der Waals surface area contributed by atoms with Crippen LogP contribution < -0.4 is 4.74 Å². The molecule has 0 bridgehead atoms. The zero-order valence-electron chi connectivity index (χ0n) is 17.2. The highest BCUT2D eigenvalue weighted by molar-refractivity contribution is 5.64. The number of rotatable bonds is 6. The first-order valence-electron chi connectivity index (χ1n) is 10.3. The van der Waals surface area contributed by atoms with E-state index in [0.717, 1.165) is 42.2 Å². The zero-order chi connectivity index (χ0) is 20.2. The maximum absolute atomic E-state index is 14.3. The van der Waals surface area contributed by atoms with Crippen molar-refractivity contribution in [2.24, 2.45) is 5.92 Å².